The highest BCUT2D eigenvalue weighted by molar-refractivity contribution is 6.02. The van der Waals surface area contributed by atoms with Gasteiger partial charge in [-0.15, -0.1) is 0 Å². The van der Waals surface area contributed by atoms with Crippen molar-refractivity contribution in [2.24, 2.45) is 0 Å². The Morgan fingerprint density at radius 3 is 2.42 bits per heavy atom. The van der Waals surface area contributed by atoms with Gasteiger partial charge in [0, 0.05) is 18.2 Å². The minimum Gasteiger partial charge on any atom is -0.497 e. The van der Waals surface area contributed by atoms with Crippen LogP contribution >= 0.6 is 0 Å². The second-order valence-electron chi connectivity index (χ2n) is 7.33. The van der Waals surface area contributed by atoms with Crippen molar-refractivity contribution in [3.8, 4) is 23.0 Å². The highest BCUT2D eigenvalue weighted by Crippen LogP contribution is 2.31. The number of anilines is 1. The number of non-ortho nitro benzene ring substituents is 1. The zero-order valence-corrected chi connectivity index (χ0v) is 18.7. The molecule has 0 aliphatic heterocycles. The van der Waals surface area contributed by atoms with Gasteiger partial charge in [0.15, 0.2) is 17.3 Å². The number of hydrogen-bond donors (Lipinski definition) is 1. The summed E-state index contributed by atoms with van der Waals surface area (Å²) in [4.78, 5) is 23.4. The molecule has 11 heteroatoms. The summed E-state index contributed by atoms with van der Waals surface area (Å²) in [6.07, 6.45) is 0. The number of nitrogens with one attached hydrogen (secondary N) is 1. The van der Waals surface area contributed by atoms with Crippen molar-refractivity contribution in [1.82, 2.24) is 0 Å². The van der Waals surface area contributed by atoms with E-state index < -0.39 is 22.5 Å². The lowest BCUT2D eigenvalue weighted by Crippen LogP contribution is -2.11. The molecular weight excluding hydrogens is 478 g/mol. The summed E-state index contributed by atoms with van der Waals surface area (Å²) in [5.74, 6) is -1.26. The zero-order chi connectivity index (χ0) is 25.7. The van der Waals surface area contributed by atoms with Crippen molar-refractivity contribution in [3.63, 3.8) is 0 Å². The molecule has 0 spiro atoms. The third kappa shape index (κ3) is 5.95. The molecule has 4 aromatic rings. The third-order valence-electron chi connectivity index (χ3n) is 4.80. The summed E-state index contributed by atoms with van der Waals surface area (Å²) >= 11 is 0. The maximum absolute atomic E-state index is 13.7. The molecule has 0 radical (unpaired) electrons. The van der Waals surface area contributed by atoms with Crippen LogP contribution in [0.1, 0.15) is 16.3 Å². The van der Waals surface area contributed by atoms with Crippen LogP contribution in [0.4, 0.5) is 20.2 Å². The van der Waals surface area contributed by atoms with Gasteiger partial charge in [0.1, 0.15) is 35.4 Å². The highest BCUT2D eigenvalue weighted by atomic mass is 19.1. The maximum atomic E-state index is 13.7. The van der Waals surface area contributed by atoms with E-state index in [4.69, 9.17) is 18.6 Å². The van der Waals surface area contributed by atoms with Gasteiger partial charge in [0.25, 0.3) is 11.6 Å². The highest BCUT2D eigenvalue weighted by Gasteiger charge is 2.17. The number of ether oxygens (including phenoxy) is 3. The van der Waals surface area contributed by atoms with Gasteiger partial charge in [-0.3, -0.25) is 14.9 Å². The molecule has 1 heterocycles. The number of carbonyl (C=O) groups is 1. The van der Waals surface area contributed by atoms with Gasteiger partial charge < -0.3 is 23.9 Å². The van der Waals surface area contributed by atoms with E-state index in [1.807, 2.05) is 0 Å². The molecule has 9 nitrogen and oxygen atoms in total. The summed E-state index contributed by atoms with van der Waals surface area (Å²) in [5.41, 5.74) is -0.202. The van der Waals surface area contributed by atoms with Crippen molar-refractivity contribution in [1.29, 1.82) is 0 Å². The molecule has 0 aliphatic rings. The number of furan rings is 1. The first-order chi connectivity index (χ1) is 17.3. The number of nitro benzene ring substituents is 1. The fourth-order valence-corrected chi connectivity index (χ4v) is 3.11. The second-order valence-corrected chi connectivity index (χ2v) is 7.33. The Kier molecular flexibility index (Phi) is 7.10. The molecule has 1 amide bonds. The molecule has 0 fully saturated rings. The quantitative estimate of drug-likeness (QED) is 0.220. The standard InChI is InChI=1S/C25H18F2N2O7/c1-33-18-3-5-19(6-4-18)35-21-12-16(11-17(13-21)29(31)32)28-25(30)24-9-7-20(36-24)14-34-23-8-2-15(26)10-22(23)27/h2-13H,14H2,1H3,(H,28,30). The summed E-state index contributed by atoms with van der Waals surface area (Å²) in [7, 11) is 1.52. The van der Waals surface area contributed by atoms with Crippen LogP contribution < -0.4 is 19.5 Å². The van der Waals surface area contributed by atoms with Gasteiger partial charge in [0.05, 0.1) is 23.8 Å². The molecule has 0 saturated heterocycles. The smallest absolute Gasteiger partial charge is 0.291 e. The van der Waals surface area contributed by atoms with E-state index in [0.29, 0.717) is 17.6 Å². The van der Waals surface area contributed by atoms with Crippen molar-refractivity contribution in [2.75, 3.05) is 12.4 Å². The van der Waals surface area contributed by atoms with Crippen LogP contribution in [0.25, 0.3) is 0 Å². The van der Waals surface area contributed by atoms with E-state index in [-0.39, 0.29) is 41.0 Å². The van der Waals surface area contributed by atoms with E-state index in [9.17, 15) is 23.7 Å². The number of rotatable bonds is 9. The number of nitrogens with zero attached hydrogens (tertiary/aromatic N) is 1. The van der Waals surface area contributed by atoms with Crippen molar-refractivity contribution in [3.05, 3.63) is 106 Å². The van der Waals surface area contributed by atoms with Crippen molar-refractivity contribution < 1.29 is 37.1 Å². The van der Waals surface area contributed by atoms with Crippen LogP contribution in [0.3, 0.4) is 0 Å². The minimum absolute atomic E-state index is 0.0975. The van der Waals surface area contributed by atoms with E-state index in [2.05, 4.69) is 5.32 Å². The molecule has 1 N–H and O–H groups in total. The van der Waals surface area contributed by atoms with Crippen LogP contribution in [-0.4, -0.2) is 17.9 Å². The Morgan fingerprint density at radius 2 is 1.72 bits per heavy atom. The first-order valence-corrected chi connectivity index (χ1v) is 10.4. The Balaban J connectivity index is 1.45. The molecule has 36 heavy (non-hydrogen) atoms. The fraction of sp³-hybridized carbons (Fsp3) is 0.0800. The van der Waals surface area contributed by atoms with Crippen LogP contribution in [0, 0.1) is 21.7 Å². The van der Waals surface area contributed by atoms with E-state index >= 15 is 0 Å². The Labute approximate surface area is 203 Å². The average Bonchev–Trinajstić information content (AvgIpc) is 3.33. The number of hydrogen-bond acceptors (Lipinski definition) is 7. The Hall–Kier alpha value is -4.93. The lowest BCUT2D eigenvalue weighted by molar-refractivity contribution is -0.384. The minimum atomic E-state index is -0.877. The summed E-state index contributed by atoms with van der Waals surface area (Å²) in [5, 5.41) is 13.9. The fourth-order valence-electron chi connectivity index (χ4n) is 3.11. The van der Waals surface area contributed by atoms with Gasteiger partial charge in [-0.2, -0.15) is 0 Å². The lowest BCUT2D eigenvalue weighted by atomic mass is 10.2. The van der Waals surface area contributed by atoms with E-state index in [1.54, 1.807) is 24.3 Å². The molecule has 184 valence electrons. The molecule has 0 unspecified atom stereocenters. The average molecular weight is 496 g/mol. The summed E-state index contributed by atoms with van der Waals surface area (Å²) in [6.45, 7) is -0.216. The SMILES string of the molecule is COc1ccc(Oc2cc(NC(=O)c3ccc(COc4ccc(F)cc4F)o3)cc([N+](=O)[O-])c2)cc1. The number of carbonyl (C=O) groups excluding carboxylic acids is 1. The summed E-state index contributed by atoms with van der Waals surface area (Å²) in [6, 6.07) is 16.1. The molecule has 4 rings (SSSR count). The lowest BCUT2D eigenvalue weighted by Gasteiger charge is -2.09. The first kappa shape index (κ1) is 24.2. The van der Waals surface area contributed by atoms with Crippen LogP contribution in [-0.2, 0) is 6.61 Å². The van der Waals surface area contributed by atoms with Crippen LogP contribution in [0.15, 0.2) is 77.2 Å². The zero-order valence-electron chi connectivity index (χ0n) is 18.7. The van der Waals surface area contributed by atoms with Crippen LogP contribution in [0.2, 0.25) is 0 Å². The third-order valence-corrected chi connectivity index (χ3v) is 4.80. The topological polar surface area (TPSA) is 113 Å². The van der Waals surface area contributed by atoms with Gasteiger partial charge in [0.2, 0.25) is 0 Å². The van der Waals surface area contributed by atoms with Gasteiger partial charge in [-0.05, 0) is 48.5 Å². The Morgan fingerprint density at radius 1 is 0.972 bits per heavy atom. The molecule has 3 aromatic carbocycles. The second kappa shape index (κ2) is 10.6. The molecule has 0 saturated carbocycles. The first-order valence-electron chi connectivity index (χ1n) is 10.4. The molecule has 0 aliphatic carbocycles. The molecule has 0 atom stereocenters. The molecule has 0 bridgehead atoms. The van der Waals surface area contributed by atoms with Gasteiger partial charge in [-0.25, -0.2) is 8.78 Å². The van der Waals surface area contributed by atoms with Crippen molar-refractivity contribution >= 4 is 17.3 Å². The number of methoxy groups -OCH3 is 1. The largest absolute Gasteiger partial charge is 0.497 e. The monoisotopic (exact) mass is 496 g/mol. The predicted molar refractivity (Wildman–Crippen MR) is 124 cm³/mol. The van der Waals surface area contributed by atoms with E-state index in [0.717, 1.165) is 12.1 Å². The van der Waals surface area contributed by atoms with Crippen molar-refractivity contribution in [2.45, 2.75) is 6.61 Å². The Bertz CT molecular complexity index is 1400. The number of halogens is 2. The van der Waals surface area contributed by atoms with Gasteiger partial charge >= 0.3 is 0 Å². The normalized spacial score (nSPS) is 10.5. The number of benzene rings is 3. The maximum Gasteiger partial charge on any atom is 0.291 e. The predicted octanol–water partition coefficient (Wildman–Crippen LogP) is 6.10. The van der Waals surface area contributed by atoms with Gasteiger partial charge in [-0.1, -0.05) is 0 Å². The molecular formula is C25H18F2N2O7. The van der Waals surface area contributed by atoms with E-state index in [1.165, 1.54) is 37.4 Å². The molecule has 1 aromatic heterocycles. The number of amides is 1. The summed E-state index contributed by atoms with van der Waals surface area (Å²) < 4.78 is 48.1. The van der Waals surface area contributed by atoms with Crippen LogP contribution in [0.5, 0.6) is 23.0 Å². The number of nitro groups is 1.